The van der Waals surface area contributed by atoms with E-state index >= 15 is 0 Å². The van der Waals surface area contributed by atoms with E-state index < -0.39 is 7.82 Å². The number of hydrogen-bond donors (Lipinski definition) is 4. The van der Waals surface area contributed by atoms with Crippen LogP contribution in [0.2, 0.25) is 0 Å². The number of nitrogens with one attached hydrogen (secondary N) is 1. The van der Waals surface area contributed by atoms with E-state index in [4.69, 9.17) is 24.0 Å². The van der Waals surface area contributed by atoms with Gasteiger partial charge >= 0.3 is 7.82 Å². The third-order valence-corrected chi connectivity index (χ3v) is 4.29. The topological polar surface area (TPSA) is 99.0 Å². The Balaban J connectivity index is 0.000000431. The summed E-state index contributed by atoms with van der Waals surface area (Å²) in [6.07, 6.45) is 1.05. The quantitative estimate of drug-likeness (QED) is 0.475. The van der Waals surface area contributed by atoms with Crippen molar-refractivity contribution >= 4 is 29.9 Å². The minimum atomic E-state index is -4.64. The summed E-state index contributed by atoms with van der Waals surface area (Å²) in [5, 5.41) is 9.87. The van der Waals surface area contributed by atoms with E-state index in [9.17, 15) is 0 Å². The molecule has 0 fully saturated rings. The number of thiophene rings is 1. The monoisotopic (exact) mass is 395 g/mol. The fraction of sp³-hybridized carbons (Fsp3) is 0.222. The molecule has 0 saturated heterocycles. The second-order valence-electron chi connectivity index (χ2n) is 5.55. The SMILES string of the molecule is CNCCC(Oc1cccc2ccccc12)c1ccsc1.O=P(O)(O)O. The second kappa shape index (κ2) is 9.83. The Bertz CT molecular complexity index is 836. The third-order valence-electron chi connectivity index (χ3n) is 3.59. The van der Waals surface area contributed by atoms with Gasteiger partial charge in [0.2, 0.25) is 0 Å². The van der Waals surface area contributed by atoms with Gasteiger partial charge in [-0.2, -0.15) is 11.3 Å². The molecule has 26 heavy (non-hydrogen) atoms. The molecule has 6 nitrogen and oxygen atoms in total. The molecule has 1 atom stereocenters. The maximum absolute atomic E-state index is 8.88. The van der Waals surface area contributed by atoms with Gasteiger partial charge in [-0.05, 0) is 41.9 Å². The van der Waals surface area contributed by atoms with Gasteiger partial charge in [0.15, 0.2) is 0 Å². The lowest BCUT2D eigenvalue weighted by molar-refractivity contribution is 0.198. The lowest BCUT2D eigenvalue weighted by Crippen LogP contribution is -2.16. The highest BCUT2D eigenvalue weighted by molar-refractivity contribution is 7.45. The number of benzene rings is 2. The first-order chi connectivity index (χ1) is 12.4. The molecule has 0 saturated carbocycles. The molecule has 0 aliphatic carbocycles. The van der Waals surface area contributed by atoms with Crippen LogP contribution in [0, 0.1) is 0 Å². The van der Waals surface area contributed by atoms with Crippen LogP contribution in [0.4, 0.5) is 0 Å². The van der Waals surface area contributed by atoms with Crippen LogP contribution in [0.3, 0.4) is 0 Å². The molecule has 8 heteroatoms. The van der Waals surface area contributed by atoms with Crippen LogP contribution in [0.25, 0.3) is 10.8 Å². The standard InChI is InChI=1S/C18H19NOS.H3O4P/c1-19-11-9-17(15-10-12-21-13-15)20-18-8-4-6-14-5-2-3-7-16(14)18;1-5(2,3)4/h2-8,10,12-13,17,19H,9,11H2,1H3;(H3,1,2,3,4). The molecule has 0 radical (unpaired) electrons. The fourth-order valence-electron chi connectivity index (χ4n) is 2.48. The van der Waals surface area contributed by atoms with E-state index in [1.165, 1.54) is 16.3 Å². The maximum Gasteiger partial charge on any atom is 0.466 e. The van der Waals surface area contributed by atoms with Crippen molar-refractivity contribution in [1.82, 2.24) is 5.32 Å². The summed E-state index contributed by atoms with van der Waals surface area (Å²) in [5.74, 6) is 0.959. The summed E-state index contributed by atoms with van der Waals surface area (Å²) in [4.78, 5) is 21.6. The van der Waals surface area contributed by atoms with E-state index in [2.05, 4.69) is 64.6 Å². The van der Waals surface area contributed by atoms with Crippen molar-refractivity contribution in [2.24, 2.45) is 0 Å². The predicted octanol–water partition coefficient (Wildman–Crippen LogP) is 3.70. The van der Waals surface area contributed by atoms with Crippen molar-refractivity contribution in [1.29, 1.82) is 0 Å². The van der Waals surface area contributed by atoms with Gasteiger partial charge in [-0.3, -0.25) is 0 Å². The first-order valence-corrected chi connectivity index (χ1v) is 10.5. The Morgan fingerprint density at radius 2 is 1.81 bits per heavy atom. The predicted molar refractivity (Wildman–Crippen MR) is 104 cm³/mol. The van der Waals surface area contributed by atoms with E-state index in [1.807, 2.05) is 7.05 Å². The summed E-state index contributed by atoms with van der Waals surface area (Å²) in [5.41, 5.74) is 1.25. The number of hydrogen-bond acceptors (Lipinski definition) is 4. The first-order valence-electron chi connectivity index (χ1n) is 7.98. The molecule has 140 valence electrons. The summed E-state index contributed by atoms with van der Waals surface area (Å²) in [6, 6.07) is 16.7. The molecule has 0 amide bonds. The molecular formula is C18H22NO5PS. The van der Waals surface area contributed by atoms with E-state index in [0.717, 1.165) is 18.7 Å². The van der Waals surface area contributed by atoms with Crippen LogP contribution in [0.15, 0.2) is 59.3 Å². The average Bonchev–Trinajstić information content (AvgIpc) is 3.12. The van der Waals surface area contributed by atoms with E-state index in [-0.39, 0.29) is 6.10 Å². The zero-order chi connectivity index (χ0) is 19.0. The Labute approximate surface area is 156 Å². The van der Waals surface area contributed by atoms with Crippen LogP contribution in [-0.4, -0.2) is 28.3 Å². The Morgan fingerprint density at radius 1 is 1.12 bits per heavy atom. The van der Waals surface area contributed by atoms with Crippen LogP contribution in [0.5, 0.6) is 5.75 Å². The lowest BCUT2D eigenvalue weighted by Gasteiger charge is -2.19. The first kappa shape index (κ1) is 20.6. The summed E-state index contributed by atoms with van der Waals surface area (Å²) < 4.78 is 15.2. The van der Waals surface area contributed by atoms with Crippen molar-refractivity contribution in [3.63, 3.8) is 0 Å². The Kier molecular flexibility index (Phi) is 7.78. The zero-order valence-corrected chi connectivity index (χ0v) is 16.0. The highest BCUT2D eigenvalue weighted by Crippen LogP contribution is 2.31. The van der Waals surface area contributed by atoms with Gasteiger partial charge in [0.05, 0.1) is 0 Å². The molecule has 2 aromatic carbocycles. The van der Waals surface area contributed by atoms with Gasteiger partial charge in [-0.1, -0.05) is 36.4 Å². The number of ether oxygens (including phenoxy) is 1. The third kappa shape index (κ3) is 6.88. The molecule has 4 N–H and O–H groups in total. The number of rotatable bonds is 6. The fourth-order valence-corrected chi connectivity index (χ4v) is 3.18. The van der Waals surface area contributed by atoms with Gasteiger partial charge in [0.25, 0.3) is 0 Å². The smallest absolute Gasteiger partial charge is 0.466 e. The number of fused-ring (bicyclic) bond motifs is 1. The molecule has 0 aliphatic rings. The normalized spacial score (nSPS) is 12.3. The van der Waals surface area contributed by atoms with Gasteiger partial charge < -0.3 is 24.7 Å². The zero-order valence-electron chi connectivity index (χ0n) is 14.3. The molecule has 1 heterocycles. The minimum Gasteiger partial charge on any atom is -0.485 e. The summed E-state index contributed by atoms with van der Waals surface area (Å²) >= 11 is 1.72. The molecule has 0 bridgehead atoms. The summed E-state index contributed by atoms with van der Waals surface area (Å²) in [6.45, 7) is 0.936. The van der Waals surface area contributed by atoms with Crippen LogP contribution in [0.1, 0.15) is 18.1 Å². The largest absolute Gasteiger partial charge is 0.485 e. The van der Waals surface area contributed by atoms with Crippen LogP contribution < -0.4 is 10.1 Å². The highest BCUT2D eigenvalue weighted by Gasteiger charge is 2.14. The van der Waals surface area contributed by atoms with Gasteiger partial charge in [0.1, 0.15) is 11.9 Å². The Morgan fingerprint density at radius 3 is 2.46 bits per heavy atom. The molecule has 3 aromatic rings. The van der Waals surface area contributed by atoms with Crippen LogP contribution in [-0.2, 0) is 4.57 Å². The average molecular weight is 395 g/mol. The van der Waals surface area contributed by atoms with Crippen molar-refractivity contribution in [3.05, 3.63) is 64.9 Å². The molecule has 3 rings (SSSR count). The van der Waals surface area contributed by atoms with E-state index in [1.54, 1.807) is 11.3 Å². The van der Waals surface area contributed by atoms with Crippen molar-refractivity contribution in [2.75, 3.05) is 13.6 Å². The molecule has 1 unspecified atom stereocenters. The molecule has 0 spiro atoms. The van der Waals surface area contributed by atoms with Gasteiger partial charge in [0, 0.05) is 17.4 Å². The minimum absolute atomic E-state index is 0.0921. The Hall–Kier alpha value is -1.73. The maximum atomic E-state index is 8.88. The van der Waals surface area contributed by atoms with E-state index in [0.29, 0.717) is 0 Å². The van der Waals surface area contributed by atoms with Crippen molar-refractivity contribution < 1.29 is 24.0 Å². The van der Waals surface area contributed by atoms with Gasteiger partial charge in [-0.15, -0.1) is 0 Å². The number of phosphoric acid groups is 1. The highest BCUT2D eigenvalue weighted by atomic mass is 32.1. The molecular weight excluding hydrogens is 373 g/mol. The molecule has 0 aliphatic heterocycles. The summed E-state index contributed by atoms with van der Waals surface area (Å²) in [7, 11) is -2.66. The molecule has 1 aromatic heterocycles. The van der Waals surface area contributed by atoms with Crippen LogP contribution >= 0.6 is 19.2 Å². The van der Waals surface area contributed by atoms with Crippen molar-refractivity contribution in [3.8, 4) is 5.75 Å². The van der Waals surface area contributed by atoms with Crippen molar-refractivity contribution in [2.45, 2.75) is 12.5 Å². The second-order valence-corrected chi connectivity index (χ2v) is 7.35. The van der Waals surface area contributed by atoms with Gasteiger partial charge in [-0.25, -0.2) is 4.57 Å². The lowest BCUT2D eigenvalue weighted by atomic mass is 10.1.